The van der Waals surface area contributed by atoms with Gasteiger partial charge in [-0.15, -0.1) is 0 Å². The highest BCUT2D eigenvalue weighted by Crippen LogP contribution is 2.10. The fourth-order valence-corrected chi connectivity index (χ4v) is 1.33. The third kappa shape index (κ3) is 4.32. The minimum absolute atomic E-state index is 0.0225. The molecule has 0 aliphatic rings. The predicted octanol–water partition coefficient (Wildman–Crippen LogP) is 0.869. The molecule has 0 radical (unpaired) electrons. The molecule has 6 heteroatoms. The number of hydrogen-bond acceptors (Lipinski definition) is 3. The Morgan fingerprint density at radius 3 is 2.44 bits per heavy atom. The molecule has 0 spiro atoms. The lowest BCUT2D eigenvalue weighted by Crippen LogP contribution is -2.40. The van der Waals surface area contributed by atoms with Crippen LogP contribution >= 0.6 is 0 Å². The summed E-state index contributed by atoms with van der Waals surface area (Å²) in [6, 6.07) is 6.45. The van der Waals surface area contributed by atoms with Gasteiger partial charge >= 0.3 is 6.03 Å². The van der Waals surface area contributed by atoms with Gasteiger partial charge in [-0.2, -0.15) is 0 Å². The van der Waals surface area contributed by atoms with E-state index in [0.29, 0.717) is 17.9 Å². The third-order valence-electron chi connectivity index (χ3n) is 2.26. The molecule has 3 amide bonds. The molecular weight excluding hydrogens is 232 g/mol. The maximum atomic E-state index is 11.7. The first kappa shape index (κ1) is 13.8. The van der Waals surface area contributed by atoms with Crippen LogP contribution in [0.1, 0.15) is 6.92 Å². The molecule has 0 saturated heterocycles. The van der Waals surface area contributed by atoms with E-state index < -0.39 is 0 Å². The molecule has 4 N–H and O–H groups in total. The molecule has 0 bridgehead atoms. The summed E-state index contributed by atoms with van der Waals surface area (Å²) in [5.74, 6) is -0.188. The summed E-state index contributed by atoms with van der Waals surface area (Å²) in [4.78, 5) is 24.4. The summed E-state index contributed by atoms with van der Waals surface area (Å²) >= 11 is 0. The number of rotatable bonds is 4. The van der Waals surface area contributed by atoms with Crippen molar-refractivity contribution in [1.29, 1.82) is 0 Å². The second-order valence-corrected chi connectivity index (χ2v) is 3.86. The molecule has 0 fully saturated rings. The molecule has 6 nitrogen and oxygen atoms in total. The van der Waals surface area contributed by atoms with Gasteiger partial charge in [0.05, 0.1) is 0 Å². The number of hydrogen-bond donors (Lipinski definition) is 3. The summed E-state index contributed by atoms with van der Waals surface area (Å²) in [5, 5.41) is 5.29. The summed E-state index contributed by atoms with van der Waals surface area (Å²) in [5.41, 5.74) is 6.80. The number of nitrogens with two attached hydrogens (primary N) is 1. The minimum atomic E-state index is -0.342. The van der Waals surface area contributed by atoms with Crippen molar-refractivity contribution in [2.24, 2.45) is 0 Å². The zero-order valence-electron chi connectivity index (χ0n) is 10.6. The molecule has 0 aliphatic heterocycles. The molecule has 0 aromatic heterocycles. The van der Waals surface area contributed by atoms with Crippen molar-refractivity contribution >= 4 is 23.3 Å². The maximum Gasteiger partial charge on any atom is 0.322 e. The summed E-state index contributed by atoms with van der Waals surface area (Å²) < 4.78 is 0. The van der Waals surface area contributed by atoms with Crippen molar-refractivity contribution in [2.75, 3.05) is 31.2 Å². The van der Waals surface area contributed by atoms with Gasteiger partial charge in [0.2, 0.25) is 5.91 Å². The second-order valence-electron chi connectivity index (χ2n) is 3.86. The number of amides is 3. The van der Waals surface area contributed by atoms with Crippen molar-refractivity contribution in [3.63, 3.8) is 0 Å². The number of urea groups is 1. The predicted molar refractivity (Wildman–Crippen MR) is 71.2 cm³/mol. The fraction of sp³-hybridized carbons (Fsp3) is 0.333. The van der Waals surface area contributed by atoms with Gasteiger partial charge in [-0.3, -0.25) is 4.79 Å². The molecule has 0 atom stereocenters. The lowest BCUT2D eigenvalue weighted by molar-refractivity contribution is -0.121. The van der Waals surface area contributed by atoms with Crippen molar-refractivity contribution in [3.8, 4) is 0 Å². The number of carbonyl (C=O) groups is 2. The van der Waals surface area contributed by atoms with E-state index in [-0.39, 0.29) is 18.5 Å². The van der Waals surface area contributed by atoms with Crippen LogP contribution in [0, 0.1) is 0 Å². The Morgan fingerprint density at radius 1 is 1.28 bits per heavy atom. The van der Waals surface area contributed by atoms with Gasteiger partial charge in [0.1, 0.15) is 6.54 Å². The SMILES string of the molecule is CCNC(=O)CN(C)C(=O)Nc1ccc(N)cc1. The van der Waals surface area contributed by atoms with Crippen LogP contribution in [0.3, 0.4) is 0 Å². The van der Waals surface area contributed by atoms with Crippen LogP contribution in [-0.4, -0.2) is 37.0 Å². The first-order valence-corrected chi connectivity index (χ1v) is 5.67. The average molecular weight is 250 g/mol. The van der Waals surface area contributed by atoms with Gasteiger partial charge in [-0.1, -0.05) is 0 Å². The average Bonchev–Trinajstić information content (AvgIpc) is 2.32. The Balaban J connectivity index is 2.49. The van der Waals surface area contributed by atoms with Gasteiger partial charge in [0.15, 0.2) is 0 Å². The Kier molecular flexibility index (Phi) is 4.98. The highest BCUT2D eigenvalue weighted by atomic mass is 16.2. The third-order valence-corrected chi connectivity index (χ3v) is 2.26. The van der Waals surface area contributed by atoms with E-state index >= 15 is 0 Å². The van der Waals surface area contributed by atoms with E-state index in [1.54, 1.807) is 31.3 Å². The van der Waals surface area contributed by atoms with Crippen LogP contribution in [0.25, 0.3) is 0 Å². The van der Waals surface area contributed by atoms with Crippen LogP contribution in [0.4, 0.5) is 16.2 Å². The van der Waals surface area contributed by atoms with Crippen LogP contribution in [0.15, 0.2) is 24.3 Å². The first-order valence-electron chi connectivity index (χ1n) is 5.67. The van der Waals surface area contributed by atoms with Crippen LogP contribution in [0.5, 0.6) is 0 Å². The zero-order valence-corrected chi connectivity index (χ0v) is 10.6. The summed E-state index contributed by atoms with van der Waals surface area (Å²) in [6.45, 7) is 2.40. The van der Waals surface area contributed by atoms with Crippen molar-refractivity contribution in [2.45, 2.75) is 6.92 Å². The number of nitrogens with zero attached hydrogens (tertiary/aromatic N) is 1. The molecule has 0 unspecified atom stereocenters. The van der Waals surface area contributed by atoms with Gasteiger partial charge < -0.3 is 21.3 Å². The molecule has 0 heterocycles. The topological polar surface area (TPSA) is 87.5 Å². The monoisotopic (exact) mass is 250 g/mol. The van der Waals surface area contributed by atoms with E-state index in [2.05, 4.69) is 10.6 Å². The number of anilines is 2. The molecule has 0 aliphatic carbocycles. The van der Waals surface area contributed by atoms with Gasteiger partial charge in [0, 0.05) is 25.0 Å². The quantitative estimate of drug-likeness (QED) is 0.693. The van der Waals surface area contributed by atoms with E-state index in [1.165, 1.54) is 4.90 Å². The molecule has 1 aromatic carbocycles. The zero-order chi connectivity index (χ0) is 13.5. The summed E-state index contributed by atoms with van der Waals surface area (Å²) in [7, 11) is 1.56. The number of nitrogen functional groups attached to an aromatic ring is 1. The molecule has 0 saturated carbocycles. The van der Waals surface area contributed by atoms with E-state index in [0.717, 1.165) is 0 Å². The lowest BCUT2D eigenvalue weighted by atomic mass is 10.3. The Morgan fingerprint density at radius 2 is 1.89 bits per heavy atom. The van der Waals surface area contributed by atoms with Gasteiger partial charge in [0.25, 0.3) is 0 Å². The normalized spacial score (nSPS) is 9.67. The summed E-state index contributed by atoms with van der Waals surface area (Å²) in [6.07, 6.45) is 0. The molecule has 1 aromatic rings. The molecule has 1 rings (SSSR count). The van der Waals surface area contributed by atoms with Gasteiger partial charge in [-0.05, 0) is 31.2 Å². The first-order chi connectivity index (χ1) is 8.52. The number of nitrogens with one attached hydrogen (secondary N) is 2. The smallest absolute Gasteiger partial charge is 0.322 e. The highest BCUT2D eigenvalue weighted by molar-refractivity contribution is 5.92. The minimum Gasteiger partial charge on any atom is -0.399 e. The Labute approximate surface area is 106 Å². The maximum absolute atomic E-state index is 11.7. The Hall–Kier alpha value is -2.24. The van der Waals surface area contributed by atoms with Crippen LogP contribution in [0.2, 0.25) is 0 Å². The fourth-order valence-electron chi connectivity index (χ4n) is 1.33. The lowest BCUT2D eigenvalue weighted by Gasteiger charge is -2.17. The number of benzene rings is 1. The van der Waals surface area contributed by atoms with E-state index in [1.807, 2.05) is 6.92 Å². The number of likely N-dealkylation sites (N-methyl/N-ethyl adjacent to an activating group) is 2. The Bertz CT molecular complexity index is 417. The van der Waals surface area contributed by atoms with Crippen molar-refractivity contribution in [1.82, 2.24) is 10.2 Å². The van der Waals surface area contributed by atoms with Crippen LogP contribution < -0.4 is 16.4 Å². The molecule has 98 valence electrons. The second kappa shape index (κ2) is 6.48. The molecule has 18 heavy (non-hydrogen) atoms. The van der Waals surface area contributed by atoms with E-state index in [4.69, 9.17) is 5.73 Å². The standard InChI is InChI=1S/C12H18N4O2/c1-3-14-11(17)8-16(2)12(18)15-10-6-4-9(13)5-7-10/h4-7H,3,8,13H2,1-2H3,(H,14,17)(H,15,18). The highest BCUT2D eigenvalue weighted by Gasteiger charge is 2.12. The number of carbonyl (C=O) groups excluding carboxylic acids is 2. The largest absolute Gasteiger partial charge is 0.399 e. The molecular formula is C12H18N4O2. The van der Waals surface area contributed by atoms with Crippen molar-refractivity contribution in [3.05, 3.63) is 24.3 Å². The van der Waals surface area contributed by atoms with Gasteiger partial charge in [-0.25, -0.2) is 4.79 Å². The van der Waals surface area contributed by atoms with Crippen molar-refractivity contribution < 1.29 is 9.59 Å². The van der Waals surface area contributed by atoms with Crippen LogP contribution in [-0.2, 0) is 4.79 Å². The van der Waals surface area contributed by atoms with E-state index in [9.17, 15) is 9.59 Å².